The van der Waals surface area contributed by atoms with E-state index in [4.69, 9.17) is 10.6 Å². The molecule has 12 heteroatoms. The Balaban J connectivity index is 1.55. The van der Waals surface area contributed by atoms with Gasteiger partial charge < -0.3 is 31.3 Å². The molecular formula is C19H20FN7O4. The average Bonchev–Trinajstić information content (AvgIpc) is 3.29. The fourth-order valence-corrected chi connectivity index (χ4v) is 3.75. The Morgan fingerprint density at radius 3 is 3.10 bits per heavy atom. The highest BCUT2D eigenvalue weighted by molar-refractivity contribution is 5.94. The van der Waals surface area contributed by atoms with Gasteiger partial charge in [-0.2, -0.15) is 0 Å². The van der Waals surface area contributed by atoms with E-state index in [0.29, 0.717) is 29.1 Å². The number of rotatable bonds is 6. The maximum Gasteiger partial charge on any atom is 0.415 e. The molecule has 1 aromatic carbocycles. The van der Waals surface area contributed by atoms with Crippen molar-refractivity contribution in [2.45, 2.75) is 18.6 Å². The van der Waals surface area contributed by atoms with Crippen molar-refractivity contribution in [3.8, 4) is 11.1 Å². The van der Waals surface area contributed by atoms with Crippen molar-refractivity contribution in [2.24, 2.45) is 10.9 Å². The van der Waals surface area contributed by atoms with Gasteiger partial charge in [0.25, 0.3) is 0 Å². The molecule has 0 spiro atoms. The first-order valence-corrected chi connectivity index (χ1v) is 9.39. The monoisotopic (exact) mass is 429 g/mol. The Morgan fingerprint density at radius 2 is 2.39 bits per heavy atom. The van der Waals surface area contributed by atoms with Crippen molar-refractivity contribution >= 4 is 30.0 Å². The second kappa shape index (κ2) is 8.53. The lowest BCUT2D eigenvalue weighted by molar-refractivity contribution is -0.437. The minimum Gasteiger partial charge on any atom is -0.539 e. The molecule has 4 rings (SSSR count). The average molecular weight is 429 g/mol. The quantitative estimate of drug-likeness (QED) is 0.268. The van der Waals surface area contributed by atoms with Crippen molar-refractivity contribution in [3.63, 3.8) is 0 Å². The number of aromatic nitrogens is 1. The molecule has 2 aliphatic rings. The number of carbonyl (C=O) groups excluding carboxylic acids is 2. The normalized spacial score (nSPS) is 19.2. The molecule has 0 radical (unpaired) electrons. The largest absolute Gasteiger partial charge is 0.539 e. The zero-order chi connectivity index (χ0) is 22.0. The summed E-state index contributed by atoms with van der Waals surface area (Å²) in [7, 11) is 1.25. The van der Waals surface area contributed by atoms with Crippen LogP contribution in [0.3, 0.4) is 0 Å². The van der Waals surface area contributed by atoms with E-state index in [9.17, 15) is 14.0 Å². The second-order valence-electron chi connectivity index (χ2n) is 6.92. The molecule has 3 heterocycles. The maximum atomic E-state index is 14.9. The third-order valence-electron chi connectivity index (χ3n) is 5.18. The number of amides is 2. The van der Waals surface area contributed by atoms with Gasteiger partial charge in [-0.05, 0) is 30.2 Å². The van der Waals surface area contributed by atoms with E-state index in [1.807, 2.05) is 0 Å². The van der Waals surface area contributed by atoms with Crippen LogP contribution in [-0.2, 0) is 15.9 Å². The number of cyclic esters (lactones) is 1. The third-order valence-corrected chi connectivity index (χ3v) is 5.18. The van der Waals surface area contributed by atoms with Crippen LogP contribution in [0.15, 0.2) is 35.6 Å². The zero-order valence-corrected chi connectivity index (χ0v) is 16.5. The first-order chi connectivity index (χ1) is 15.0. The Morgan fingerprint density at radius 1 is 1.55 bits per heavy atom. The molecule has 2 amide bonds. The minimum absolute atomic E-state index is 0.103. The highest BCUT2D eigenvalue weighted by Crippen LogP contribution is 2.41. The molecule has 0 aliphatic carbocycles. The molecule has 2 aromatic rings. The molecule has 5 N–H and O–H groups in total. The Hall–Kier alpha value is -3.77. The van der Waals surface area contributed by atoms with Crippen LogP contribution in [0.2, 0.25) is 0 Å². The van der Waals surface area contributed by atoms with Crippen molar-refractivity contribution in [2.75, 3.05) is 18.6 Å². The van der Waals surface area contributed by atoms with E-state index in [1.54, 1.807) is 29.7 Å². The number of hydrogen-bond donors (Lipinski definition) is 3. The van der Waals surface area contributed by atoms with Crippen LogP contribution < -0.4 is 21.4 Å². The predicted octanol–water partition coefficient (Wildman–Crippen LogP) is 0.879. The highest BCUT2D eigenvalue weighted by Gasteiger charge is 2.47. The van der Waals surface area contributed by atoms with E-state index < -0.39 is 24.1 Å². The van der Waals surface area contributed by atoms with Gasteiger partial charge >= 0.3 is 12.2 Å². The van der Waals surface area contributed by atoms with Crippen LogP contribution in [0.4, 0.5) is 25.5 Å². The number of carbonyl (C=O) groups is 2. The van der Waals surface area contributed by atoms with Gasteiger partial charge in [0.15, 0.2) is 6.34 Å². The number of benzene rings is 1. The number of methoxy groups -OCH3 is 1. The summed E-state index contributed by atoms with van der Waals surface area (Å²) in [5, 5.41) is 7.67. The lowest BCUT2D eigenvalue weighted by Crippen LogP contribution is -2.76. The number of nitrogens with two attached hydrogens (primary N) is 2. The molecule has 0 unspecified atom stereocenters. The van der Waals surface area contributed by atoms with Crippen molar-refractivity contribution in [1.82, 2.24) is 10.3 Å². The Kier molecular flexibility index (Phi) is 5.64. The summed E-state index contributed by atoms with van der Waals surface area (Å²) in [6.07, 6.45) is 1.67. The van der Waals surface area contributed by atoms with Gasteiger partial charge in [0, 0.05) is 23.4 Å². The predicted molar refractivity (Wildman–Crippen MR) is 108 cm³/mol. The third kappa shape index (κ3) is 3.98. The summed E-state index contributed by atoms with van der Waals surface area (Å²) >= 11 is 0. The van der Waals surface area contributed by atoms with Gasteiger partial charge in [-0.15, -0.1) is 0 Å². The molecule has 1 aromatic heterocycles. The summed E-state index contributed by atoms with van der Waals surface area (Å²) < 4.78 is 24.8. The number of pyridine rings is 1. The molecule has 0 saturated carbocycles. The molecule has 2 aliphatic heterocycles. The van der Waals surface area contributed by atoms with Crippen LogP contribution >= 0.6 is 0 Å². The van der Waals surface area contributed by atoms with Crippen LogP contribution in [0.5, 0.6) is 0 Å². The lowest BCUT2D eigenvalue weighted by Gasteiger charge is -2.16. The number of alkyl carbamates (subject to hydrolysis) is 1. The van der Waals surface area contributed by atoms with Crippen LogP contribution in [0, 0.1) is 5.82 Å². The second-order valence-corrected chi connectivity index (χ2v) is 6.92. The number of nitrogens with zero attached hydrogens (tertiary/aromatic N) is 4. The number of fused-ring (bicyclic) bond motifs is 3. The molecule has 1 fully saturated rings. The standard InChI is InChI=1S/C19H19FN7O4/c1-30-18(28)23-8-16-15-5-11-4-12(13(20)6-14(11)27(15)19(29)31-16)10-2-3-17(22-7-10)24-9-25-26-21/h2-4,6-7,9,15-16H,5,8,21H2,1H3,(H,23,28)(H,22,24,25)/q-1/p+1/t15-,16-/m0/s1. The number of anilines is 1. The fraction of sp³-hybridized carbons (Fsp3) is 0.263. The summed E-state index contributed by atoms with van der Waals surface area (Å²) in [6, 6.07) is 6.17. The number of hydrogen-bond acceptors (Lipinski definition) is 7. The van der Waals surface area contributed by atoms with Gasteiger partial charge in [-0.1, -0.05) is 0 Å². The summed E-state index contributed by atoms with van der Waals surface area (Å²) in [5.41, 5.74) is 5.37. The fourth-order valence-electron chi connectivity index (χ4n) is 3.75. The van der Waals surface area contributed by atoms with Gasteiger partial charge in [0.05, 0.1) is 25.4 Å². The van der Waals surface area contributed by atoms with E-state index in [1.165, 1.54) is 24.4 Å². The molecule has 31 heavy (non-hydrogen) atoms. The number of nitrogens with one attached hydrogen (secondary N) is 1. The Bertz CT molecular complexity index is 1030. The lowest BCUT2D eigenvalue weighted by atomic mass is 10.00. The van der Waals surface area contributed by atoms with E-state index >= 15 is 0 Å². The summed E-state index contributed by atoms with van der Waals surface area (Å²) in [5.74, 6) is 5.06. The van der Waals surface area contributed by atoms with E-state index in [-0.39, 0.29) is 12.6 Å². The zero-order valence-electron chi connectivity index (χ0n) is 16.5. The molecular weight excluding hydrogens is 409 g/mol. The van der Waals surface area contributed by atoms with Gasteiger partial charge in [-0.3, -0.25) is 10.2 Å². The smallest absolute Gasteiger partial charge is 0.415 e. The van der Waals surface area contributed by atoms with E-state index in [2.05, 4.69) is 25.7 Å². The van der Waals surface area contributed by atoms with Gasteiger partial charge in [-0.25, -0.2) is 19.0 Å². The first-order valence-electron chi connectivity index (χ1n) is 9.39. The molecule has 162 valence electrons. The molecule has 0 bridgehead atoms. The Labute approximate surface area is 176 Å². The summed E-state index contributed by atoms with van der Waals surface area (Å²) in [4.78, 5) is 29.4. The van der Waals surface area contributed by atoms with Crippen molar-refractivity contribution in [1.29, 1.82) is 0 Å². The SMILES string of the molecule is COC(=O)NC[C@@H]1OC(=O)N2c3cc(F)c(-c4ccc([NH2+]/C=N\[N-]N)nc4)cc3C[C@@H]12. The molecule has 2 atom stereocenters. The first kappa shape index (κ1) is 20.5. The minimum atomic E-state index is -0.616. The van der Waals surface area contributed by atoms with Crippen LogP contribution in [-0.4, -0.2) is 49.3 Å². The topological polar surface area (TPSA) is 150 Å². The summed E-state index contributed by atoms with van der Waals surface area (Å²) in [6.45, 7) is 0.103. The van der Waals surface area contributed by atoms with Crippen LogP contribution in [0.25, 0.3) is 16.7 Å². The highest BCUT2D eigenvalue weighted by atomic mass is 19.1. The van der Waals surface area contributed by atoms with Crippen molar-refractivity contribution in [3.05, 3.63) is 47.4 Å². The van der Waals surface area contributed by atoms with Gasteiger partial charge in [0.1, 0.15) is 11.9 Å². The maximum absolute atomic E-state index is 14.9. The van der Waals surface area contributed by atoms with Crippen LogP contribution in [0.1, 0.15) is 5.56 Å². The van der Waals surface area contributed by atoms with Crippen molar-refractivity contribution < 1.29 is 28.8 Å². The number of halogens is 1. The number of ether oxygens (including phenoxy) is 2. The van der Waals surface area contributed by atoms with Gasteiger partial charge in [0.2, 0.25) is 5.82 Å². The molecule has 1 saturated heterocycles. The van der Waals surface area contributed by atoms with E-state index in [0.717, 1.165) is 5.56 Å². The molecule has 11 nitrogen and oxygen atoms in total. The number of quaternary nitrogens is 1.